The van der Waals surface area contributed by atoms with Gasteiger partial charge in [-0.25, -0.2) is 9.59 Å². The number of anilines is 1. The number of carbonyl (C=O) groups excluding carboxylic acids is 2. The number of ether oxygens (including phenoxy) is 2. The molecule has 2 fully saturated rings. The predicted molar refractivity (Wildman–Crippen MR) is 155 cm³/mol. The number of aromatic nitrogens is 1. The summed E-state index contributed by atoms with van der Waals surface area (Å²) in [5.74, 6) is 0.399. The number of carbonyl (C=O) groups is 2. The van der Waals surface area contributed by atoms with Crippen LogP contribution in [-0.2, 0) is 22.6 Å². The molecule has 0 aliphatic carbocycles. The van der Waals surface area contributed by atoms with Gasteiger partial charge in [0, 0.05) is 37.9 Å². The lowest BCUT2D eigenvalue weighted by Crippen LogP contribution is -2.45. The molecule has 210 valence electrons. The van der Waals surface area contributed by atoms with Crippen molar-refractivity contribution < 1.29 is 19.1 Å². The molecule has 2 saturated heterocycles. The highest BCUT2D eigenvalue weighted by molar-refractivity contribution is 5.79. The van der Waals surface area contributed by atoms with E-state index in [1.54, 1.807) is 0 Å². The van der Waals surface area contributed by atoms with Crippen molar-refractivity contribution in [1.82, 2.24) is 15.2 Å². The molecular formula is C32H38N4O4. The molecule has 2 atom stereocenters. The third-order valence-corrected chi connectivity index (χ3v) is 7.47. The number of benzene rings is 2. The number of aryl methyl sites for hydroxylation is 1. The Balaban J connectivity index is 1.24. The van der Waals surface area contributed by atoms with Crippen molar-refractivity contribution in [2.24, 2.45) is 5.92 Å². The van der Waals surface area contributed by atoms with Crippen molar-refractivity contribution in [2.45, 2.75) is 58.9 Å². The van der Waals surface area contributed by atoms with Crippen LogP contribution in [0.2, 0.25) is 0 Å². The minimum absolute atomic E-state index is 0.124. The normalized spacial score (nSPS) is 18.4. The molecule has 3 aromatic rings. The molecule has 0 spiro atoms. The summed E-state index contributed by atoms with van der Waals surface area (Å²) >= 11 is 0. The molecular weight excluding hydrogens is 504 g/mol. The number of fused-ring (bicyclic) bond motifs is 2. The maximum Gasteiger partial charge on any atom is 0.410 e. The van der Waals surface area contributed by atoms with Gasteiger partial charge in [-0.05, 0) is 68.4 Å². The summed E-state index contributed by atoms with van der Waals surface area (Å²) in [6.07, 6.45) is 4.07. The molecule has 0 saturated carbocycles. The molecule has 1 N–H and O–H groups in total. The van der Waals surface area contributed by atoms with Crippen molar-refractivity contribution >= 4 is 17.9 Å². The number of nitrogens with one attached hydrogen (secondary N) is 1. The van der Waals surface area contributed by atoms with Crippen molar-refractivity contribution in [3.8, 4) is 11.1 Å². The molecule has 2 bridgehead atoms. The third-order valence-electron chi connectivity index (χ3n) is 7.47. The van der Waals surface area contributed by atoms with Crippen molar-refractivity contribution in [2.75, 3.05) is 24.5 Å². The van der Waals surface area contributed by atoms with Crippen LogP contribution in [0, 0.1) is 12.8 Å². The highest BCUT2D eigenvalue weighted by Gasteiger charge is 2.42. The lowest BCUT2D eigenvalue weighted by atomic mass is 9.96. The molecule has 8 nitrogen and oxygen atoms in total. The molecule has 0 radical (unpaired) electrons. The van der Waals surface area contributed by atoms with Crippen LogP contribution in [-0.4, -0.2) is 53.3 Å². The highest BCUT2D eigenvalue weighted by atomic mass is 16.6. The molecule has 2 amide bonds. The first-order chi connectivity index (χ1) is 19.2. The van der Waals surface area contributed by atoms with Gasteiger partial charge >= 0.3 is 12.2 Å². The monoisotopic (exact) mass is 542 g/mol. The molecule has 2 aliphatic rings. The third kappa shape index (κ3) is 6.55. The fraction of sp³-hybridized carbons (Fsp3) is 0.406. The molecule has 40 heavy (non-hydrogen) atoms. The first-order valence-corrected chi connectivity index (χ1v) is 13.9. The zero-order valence-corrected chi connectivity index (χ0v) is 23.7. The summed E-state index contributed by atoms with van der Waals surface area (Å²) in [6, 6.07) is 18.1. The van der Waals surface area contributed by atoms with Gasteiger partial charge in [0.05, 0.1) is 17.9 Å². The SMILES string of the molecule is Cc1cc(-c2ccncc2N2CC3CC(C2)N(C(=O)OC(C)(C)C)C3)ccc1CNC(=O)OCc1ccccc1. The average Bonchev–Trinajstić information content (AvgIpc) is 3.24. The first-order valence-electron chi connectivity index (χ1n) is 13.9. The van der Waals surface area contributed by atoms with Crippen LogP contribution in [0.5, 0.6) is 0 Å². The number of hydrogen-bond donors (Lipinski definition) is 1. The van der Waals surface area contributed by atoms with Crippen molar-refractivity contribution in [1.29, 1.82) is 0 Å². The van der Waals surface area contributed by atoms with Crippen LogP contribution >= 0.6 is 0 Å². The summed E-state index contributed by atoms with van der Waals surface area (Å²) < 4.78 is 11.0. The number of likely N-dealkylation sites (tertiary alicyclic amines) is 1. The summed E-state index contributed by atoms with van der Waals surface area (Å²) in [4.78, 5) is 33.8. The van der Waals surface area contributed by atoms with E-state index in [1.807, 2.05) is 74.5 Å². The van der Waals surface area contributed by atoms with Crippen LogP contribution < -0.4 is 10.2 Å². The summed E-state index contributed by atoms with van der Waals surface area (Å²) in [5.41, 5.74) is 5.81. The Morgan fingerprint density at radius 1 is 1.05 bits per heavy atom. The molecule has 8 heteroatoms. The van der Waals surface area contributed by atoms with Crippen LogP contribution in [0.25, 0.3) is 11.1 Å². The van der Waals surface area contributed by atoms with Gasteiger partial charge in [0.25, 0.3) is 0 Å². The van der Waals surface area contributed by atoms with Crippen LogP contribution in [0.15, 0.2) is 67.0 Å². The second-order valence-electron chi connectivity index (χ2n) is 11.7. The zero-order chi connectivity index (χ0) is 28.3. The number of hydrogen-bond acceptors (Lipinski definition) is 6. The Hall–Kier alpha value is -4.07. The van der Waals surface area contributed by atoms with Gasteiger partial charge in [-0.15, -0.1) is 0 Å². The van der Waals surface area contributed by atoms with Gasteiger partial charge in [-0.2, -0.15) is 0 Å². The maximum atomic E-state index is 12.8. The first kappa shape index (κ1) is 27.5. The smallest absolute Gasteiger partial charge is 0.410 e. The Labute approximate surface area is 236 Å². The number of rotatable bonds is 6. The number of pyridine rings is 1. The largest absolute Gasteiger partial charge is 0.445 e. The lowest BCUT2D eigenvalue weighted by Gasteiger charge is -2.35. The van der Waals surface area contributed by atoms with E-state index in [0.29, 0.717) is 12.5 Å². The average molecular weight is 543 g/mol. The van der Waals surface area contributed by atoms with E-state index in [2.05, 4.69) is 40.3 Å². The van der Waals surface area contributed by atoms with E-state index in [4.69, 9.17) is 9.47 Å². The highest BCUT2D eigenvalue weighted by Crippen LogP contribution is 2.37. The number of piperidine rings is 1. The topological polar surface area (TPSA) is 84.0 Å². The lowest BCUT2D eigenvalue weighted by molar-refractivity contribution is 0.0233. The quantitative estimate of drug-likeness (QED) is 0.416. The molecule has 2 aliphatic heterocycles. The van der Waals surface area contributed by atoms with E-state index >= 15 is 0 Å². The van der Waals surface area contributed by atoms with Gasteiger partial charge in [-0.1, -0.05) is 48.5 Å². The van der Waals surface area contributed by atoms with Crippen LogP contribution in [0.3, 0.4) is 0 Å². The number of amides is 2. The standard InChI is InChI=1S/C32H38N4O4/c1-22-14-25(10-11-26(22)16-34-30(37)39-21-23-8-6-5-7-9-23)28-12-13-33-17-29(28)35-18-24-15-27(20-35)36(19-24)31(38)40-32(2,3)4/h5-14,17,24,27H,15-16,18-21H2,1-4H3,(H,34,37). The molecule has 2 aromatic carbocycles. The summed E-state index contributed by atoms with van der Waals surface area (Å²) in [5, 5.41) is 2.85. The van der Waals surface area contributed by atoms with Crippen LogP contribution in [0.1, 0.15) is 43.9 Å². The van der Waals surface area contributed by atoms with Gasteiger partial charge < -0.3 is 24.6 Å². The molecule has 2 unspecified atom stereocenters. The predicted octanol–water partition coefficient (Wildman–Crippen LogP) is 5.93. The Kier molecular flexibility index (Phi) is 7.96. The van der Waals surface area contributed by atoms with Gasteiger partial charge in [-0.3, -0.25) is 4.98 Å². The minimum atomic E-state index is -0.508. The Morgan fingerprint density at radius 3 is 2.60 bits per heavy atom. The van der Waals surface area contributed by atoms with Gasteiger partial charge in [0.1, 0.15) is 12.2 Å². The fourth-order valence-corrected chi connectivity index (χ4v) is 5.59. The Bertz CT molecular complexity index is 1350. The molecule has 3 heterocycles. The maximum absolute atomic E-state index is 12.8. The van der Waals surface area contributed by atoms with Crippen molar-refractivity contribution in [3.63, 3.8) is 0 Å². The fourth-order valence-electron chi connectivity index (χ4n) is 5.59. The van der Waals surface area contributed by atoms with E-state index in [0.717, 1.165) is 59.6 Å². The Morgan fingerprint density at radius 2 is 1.85 bits per heavy atom. The second-order valence-corrected chi connectivity index (χ2v) is 11.7. The second kappa shape index (κ2) is 11.6. The van der Waals surface area contributed by atoms with E-state index < -0.39 is 11.7 Å². The number of nitrogens with zero attached hydrogens (tertiary/aromatic N) is 3. The van der Waals surface area contributed by atoms with Crippen molar-refractivity contribution in [3.05, 3.63) is 83.7 Å². The van der Waals surface area contributed by atoms with Gasteiger partial charge in [0.2, 0.25) is 0 Å². The van der Waals surface area contributed by atoms with E-state index in [1.165, 1.54) is 0 Å². The summed E-state index contributed by atoms with van der Waals surface area (Å²) in [7, 11) is 0. The summed E-state index contributed by atoms with van der Waals surface area (Å²) in [6.45, 7) is 10.7. The van der Waals surface area contributed by atoms with E-state index in [-0.39, 0.29) is 18.7 Å². The van der Waals surface area contributed by atoms with E-state index in [9.17, 15) is 9.59 Å². The minimum Gasteiger partial charge on any atom is -0.445 e. The molecule has 1 aromatic heterocycles. The van der Waals surface area contributed by atoms with Crippen LogP contribution in [0.4, 0.5) is 15.3 Å². The number of alkyl carbamates (subject to hydrolysis) is 1. The zero-order valence-electron chi connectivity index (χ0n) is 23.7. The van der Waals surface area contributed by atoms with Gasteiger partial charge in [0.15, 0.2) is 0 Å². The molecule has 5 rings (SSSR count).